The fourth-order valence-electron chi connectivity index (χ4n) is 0.127. The third kappa shape index (κ3) is 3.83. The highest BCUT2D eigenvalue weighted by Gasteiger charge is 1.64. The average molecular weight is 100 g/mol. The molecule has 0 fully saturated rings. The van der Waals surface area contributed by atoms with Gasteiger partial charge in [0.05, 0.1) is 0 Å². The van der Waals surface area contributed by atoms with Crippen LogP contribution in [0, 0.1) is 0 Å². The minimum absolute atomic E-state index is 1.03. The minimum atomic E-state index is 1.03. The number of thiol groups is 1. The third-order valence-electron chi connectivity index (χ3n) is 0.359. The van der Waals surface area contributed by atoms with Crippen LogP contribution in [0.4, 0.5) is 0 Å². The van der Waals surface area contributed by atoms with Crippen LogP contribution in [0.3, 0.4) is 0 Å². The summed E-state index contributed by atoms with van der Waals surface area (Å²) in [6, 6.07) is 0. The second kappa shape index (κ2) is 3.04. The molecule has 0 aromatic heterocycles. The van der Waals surface area contributed by atoms with Crippen LogP contribution >= 0.6 is 12.6 Å². The summed E-state index contributed by atoms with van der Waals surface area (Å²) < 4.78 is 0. The predicted octanol–water partition coefficient (Wildman–Crippen LogP) is 2.01. The maximum atomic E-state index is 3.82. The molecule has 0 amide bonds. The van der Waals surface area contributed by atoms with Crippen LogP contribution in [0.25, 0.3) is 0 Å². The second-order valence-electron chi connectivity index (χ2n) is 1.16. The van der Waals surface area contributed by atoms with Gasteiger partial charge in [0, 0.05) is 0 Å². The summed E-state index contributed by atoms with van der Waals surface area (Å²) in [6.45, 7) is 5.53. The Morgan fingerprint density at radius 2 is 2.33 bits per heavy atom. The first-order valence-corrected chi connectivity index (χ1v) is 2.25. The number of rotatable bonds is 1. The summed E-state index contributed by atoms with van der Waals surface area (Å²) >= 11 is 3.82. The average Bonchev–Trinajstić information content (AvgIpc) is 1.35. The van der Waals surface area contributed by atoms with Gasteiger partial charge in [0.15, 0.2) is 0 Å². The topological polar surface area (TPSA) is 0 Å². The van der Waals surface area contributed by atoms with E-state index in [9.17, 15) is 0 Å². The van der Waals surface area contributed by atoms with Crippen molar-refractivity contribution in [3.63, 3.8) is 0 Å². The molecule has 6 heavy (non-hydrogen) atoms. The first-order chi connectivity index (χ1) is 2.77. The summed E-state index contributed by atoms with van der Waals surface area (Å²) in [7, 11) is 0. The molecular weight excluding hydrogens is 92.1 g/mol. The molecule has 0 rings (SSSR count). The Balaban J connectivity index is 3.30. The molecule has 0 N–H and O–H groups in total. The molecule has 0 aliphatic heterocycles. The first-order valence-electron chi connectivity index (χ1n) is 1.73. The van der Waals surface area contributed by atoms with Gasteiger partial charge in [-0.05, 0) is 12.3 Å². The Bertz CT molecular complexity index is 72.0. The zero-order valence-corrected chi connectivity index (χ0v) is 4.70. The summed E-state index contributed by atoms with van der Waals surface area (Å²) in [4.78, 5) is 0. The van der Waals surface area contributed by atoms with Crippen molar-refractivity contribution in [3.8, 4) is 0 Å². The van der Waals surface area contributed by atoms with Crippen LogP contribution in [-0.4, -0.2) is 0 Å². The van der Waals surface area contributed by atoms with Crippen LogP contribution in [0.15, 0.2) is 23.6 Å². The number of hydrogen-bond donors (Lipinski definition) is 1. The molecule has 0 aromatic rings. The minimum Gasteiger partial charge on any atom is -0.151 e. The van der Waals surface area contributed by atoms with E-state index in [1.165, 1.54) is 0 Å². The molecule has 0 bridgehead atoms. The smallest absolute Gasteiger partial charge is 0.0322 e. The summed E-state index contributed by atoms with van der Waals surface area (Å²) in [5.41, 5.74) is 1.03. The van der Waals surface area contributed by atoms with E-state index in [4.69, 9.17) is 0 Å². The summed E-state index contributed by atoms with van der Waals surface area (Å²) in [6.07, 6.45) is 1.84. The molecule has 0 saturated heterocycles. The van der Waals surface area contributed by atoms with Gasteiger partial charge >= 0.3 is 0 Å². The quantitative estimate of drug-likeness (QED) is 0.378. The largest absolute Gasteiger partial charge is 0.151 e. The standard InChI is InChI=1S/C5H8S/c1-5(2)3-4-6/h3-4,6H,1H2,2H3. The highest BCUT2D eigenvalue weighted by Crippen LogP contribution is 1.88. The molecule has 0 spiro atoms. The molecule has 0 unspecified atom stereocenters. The van der Waals surface area contributed by atoms with E-state index in [1.54, 1.807) is 5.41 Å². The van der Waals surface area contributed by atoms with Crippen molar-refractivity contribution in [2.24, 2.45) is 0 Å². The SMILES string of the molecule is C=C(C)C=CS. The zero-order valence-electron chi connectivity index (χ0n) is 3.81. The van der Waals surface area contributed by atoms with Crippen molar-refractivity contribution in [2.45, 2.75) is 6.92 Å². The fraction of sp³-hybridized carbons (Fsp3) is 0.200. The maximum absolute atomic E-state index is 3.82. The number of hydrogen-bond acceptors (Lipinski definition) is 1. The van der Waals surface area contributed by atoms with Crippen LogP contribution in [0.1, 0.15) is 6.92 Å². The van der Waals surface area contributed by atoms with Gasteiger partial charge in [-0.1, -0.05) is 18.2 Å². The fourth-order valence-corrected chi connectivity index (χ4v) is 0.382. The van der Waals surface area contributed by atoms with E-state index in [0.29, 0.717) is 0 Å². The molecule has 0 aromatic carbocycles. The normalized spacial score (nSPS) is 9.67. The highest BCUT2D eigenvalue weighted by molar-refractivity contribution is 7.83. The lowest BCUT2D eigenvalue weighted by molar-refractivity contribution is 1.58. The molecule has 0 saturated carbocycles. The molecule has 0 radical (unpaired) electrons. The molecule has 0 atom stereocenters. The Labute approximate surface area is 44.0 Å². The van der Waals surface area contributed by atoms with E-state index in [2.05, 4.69) is 19.2 Å². The van der Waals surface area contributed by atoms with Crippen LogP contribution in [0.2, 0.25) is 0 Å². The van der Waals surface area contributed by atoms with E-state index in [1.807, 2.05) is 13.0 Å². The highest BCUT2D eigenvalue weighted by atomic mass is 32.1. The van der Waals surface area contributed by atoms with Crippen LogP contribution in [-0.2, 0) is 0 Å². The van der Waals surface area contributed by atoms with Gasteiger partial charge in [0.2, 0.25) is 0 Å². The lowest BCUT2D eigenvalue weighted by atomic mass is 10.4. The molecule has 0 aliphatic carbocycles. The Hall–Kier alpha value is -0.170. The molecule has 34 valence electrons. The van der Waals surface area contributed by atoms with Gasteiger partial charge in [-0.2, -0.15) is 12.6 Å². The molecule has 0 heterocycles. The van der Waals surface area contributed by atoms with E-state index < -0.39 is 0 Å². The molecule has 0 nitrogen and oxygen atoms in total. The maximum Gasteiger partial charge on any atom is -0.0322 e. The van der Waals surface area contributed by atoms with Crippen molar-refractivity contribution in [1.29, 1.82) is 0 Å². The van der Waals surface area contributed by atoms with Crippen LogP contribution < -0.4 is 0 Å². The Morgan fingerprint density at radius 3 is 2.33 bits per heavy atom. The first kappa shape index (κ1) is 5.83. The zero-order chi connectivity index (χ0) is 4.99. The predicted molar refractivity (Wildman–Crippen MR) is 32.9 cm³/mol. The Kier molecular flexibility index (Phi) is 2.95. The molecule has 1 heteroatoms. The van der Waals surface area contributed by atoms with Gasteiger partial charge in [0.25, 0.3) is 0 Å². The van der Waals surface area contributed by atoms with Crippen molar-refractivity contribution in [3.05, 3.63) is 23.6 Å². The van der Waals surface area contributed by atoms with E-state index in [-0.39, 0.29) is 0 Å². The van der Waals surface area contributed by atoms with Crippen molar-refractivity contribution >= 4 is 12.6 Å². The van der Waals surface area contributed by atoms with Crippen molar-refractivity contribution < 1.29 is 0 Å². The van der Waals surface area contributed by atoms with Gasteiger partial charge < -0.3 is 0 Å². The monoisotopic (exact) mass is 100 g/mol. The summed E-state index contributed by atoms with van der Waals surface area (Å²) in [5, 5.41) is 1.67. The molecule has 0 aliphatic rings. The van der Waals surface area contributed by atoms with E-state index in [0.717, 1.165) is 5.57 Å². The lowest BCUT2D eigenvalue weighted by Crippen LogP contribution is -1.53. The van der Waals surface area contributed by atoms with Gasteiger partial charge in [-0.3, -0.25) is 0 Å². The van der Waals surface area contributed by atoms with Crippen LogP contribution in [0.5, 0.6) is 0 Å². The van der Waals surface area contributed by atoms with Gasteiger partial charge in [-0.25, -0.2) is 0 Å². The van der Waals surface area contributed by atoms with E-state index >= 15 is 0 Å². The third-order valence-corrected chi connectivity index (χ3v) is 0.508. The lowest BCUT2D eigenvalue weighted by Gasteiger charge is -1.75. The van der Waals surface area contributed by atoms with Crippen molar-refractivity contribution in [2.75, 3.05) is 0 Å². The van der Waals surface area contributed by atoms with Gasteiger partial charge in [0.1, 0.15) is 0 Å². The van der Waals surface area contributed by atoms with Gasteiger partial charge in [-0.15, -0.1) is 0 Å². The number of allylic oxidation sites excluding steroid dienone is 2. The molecular formula is C5H8S. The summed E-state index contributed by atoms with van der Waals surface area (Å²) in [5.74, 6) is 0. The van der Waals surface area contributed by atoms with Crippen molar-refractivity contribution in [1.82, 2.24) is 0 Å². The Morgan fingerprint density at radius 1 is 1.83 bits per heavy atom. The second-order valence-corrected chi connectivity index (χ2v) is 1.46.